The maximum absolute atomic E-state index is 2.38. The van der Waals surface area contributed by atoms with Crippen LogP contribution in [0.1, 0.15) is 78.1 Å². The van der Waals surface area contributed by atoms with Crippen LogP contribution in [0.25, 0.3) is 0 Å². The summed E-state index contributed by atoms with van der Waals surface area (Å²) >= 11 is 0. The van der Waals surface area contributed by atoms with Crippen molar-refractivity contribution in [2.24, 2.45) is 0 Å². The number of allylic oxidation sites excluding steroid dienone is 8. The number of unbranched alkanes of at least 4 members (excludes halogenated alkanes) is 2. The molecule has 0 saturated carbocycles. The predicted molar refractivity (Wildman–Crippen MR) is 89.9 cm³/mol. The van der Waals surface area contributed by atoms with Crippen LogP contribution in [-0.4, -0.2) is 0 Å². The fourth-order valence-electron chi connectivity index (χ4n) is 3.35. The van der Waals surface area contributed by atoms with Gasteiger partial charge in [-0.2, -0.15) is 0 Å². The zero-order valence-corrected chi connectivity index (χ0v) is 13.4. The highest BCUT2D eigenvalue weighted by Gasteiger charge is 2.17. The third-order valence-electron chi connectivity index (χ3n) is 4.59. The molecular formula is C20H30. The van der Waals surface area contributed by atoms with E-state index in [1.165, 1.54) is 64.2 Å². The molecule has 0 amide bonds. The molecule has 2 aliphatic carbocycles. The minimum atomic E-state index is 1.18. The van der Waals surface area contributed by atoms with Crippen molar-refractivity contribution in [2.75, 3.05) is 0 Å². The van der Waals surface area contributed by atoms with Gasteiger partial charge in [-0.3, -0.25) is 0 Å². The average molecular weight is 270 g/mol. The Kier molecular flexibility index (Phi) is 6.36. The highest BCUT2D eigenvalue weighted by Crippen LogP contribution is 2.36. The maximum Gasteiger partial charge on any atom is -0.00948 e. The van der Waals surface area contributed by atoms with Gasteiger partial charge in [-0.25, -0.2) is 0 Å². The highest BCUT2D eigenvalue weighted by molar-refractivity contribution is 5.45. The second kappa shape index (κ2) is 8.29. The quantitative estimate of drug-likeness (QED) is 0.454. The molecule has 20 heavy (non-hydrogen) atoms. The number of hydrogen-bond donors (Lipinski definition) is 0. The standard InChI is InChI=1S/C20H30/c1-3-5-11-17-13-7-9-15-19(17)20-16-10-8-14-18(20)12-6-4-2/h7-10H,3-6,11-16H2,1-2H3. The second-order valence-corrected chi connectivity index (χ2v) is 6.13. The van der Waals surface area contributed by atoms with Crippen LogP contribution >= 0.6 is 0 Å². The number of hydrogen-bond acceptors (Lipinski definition) is 0. The Bertz CT molecular complexity index is 387. The summed E-state index contributed by atoms with van der Waals surface area (Å²) in [4.78, 5) is 0. The zero-order chi connectivity index (χ0) is 14.2. The molecule has 0 saturated heterocycles. The lowest BCUT2D eigenvalue weighted by Gasteiger charge is -2.24. The average Bonchev–Trinajstić information content (AvgIpc) is 2.51. The molecule has 2 aliphatic rings. The summed E-state index contributed by atoms with van der Waals surface area (Å²) in [6.07, 6.45) is 22.2. The SMILES string of the molecule is CCCCC1=C(C2=C(CCCC)CC=CC2)CC=CC1. The molecule has 0 aliphatic heterocycles. The largest absolute Gasteiger partial charge is 0.0841 e. The fourth-order valence-corrected chi connectivity index (χ4v) is 3.35. The number of rotatable bonds is 7. The van der Waals surface area contributed by atoms with E-state index in [2.05, 4.69) is 38.2 Å². The molecule has 0 N–H and O–H groups in total. The molecule has 0 atom stereocenters. The molecule has 0 aromatic heterocycles. The van der Waals surface area contributed by atoms with Crippen LogP contribution in [-0.2, 0) is 0 Å². The van der Waals surface area contributed by atoms with Gasteiger partial charge in [0.15, 0.2) is 0 Å². The Balaban J connectivity index is 2.22. The Morgan fingerprint density at radius 1 is 0.650 bits per heavy atom. The molecule has 0 spiro atoms. The van der Waals surface area contributed by atoms with E-state index in [0.29, 0.717) is 0 Å². The molecule has 0 heteroatoms. The van der Waals surface area contributed by atoms with E-state index in [4.69, 9.17) is 0 Å². The molecule has 110 valence electrons. The lowest BCUT2D eigenvalue weighted by molar-refractivity contribution is 0.744. The van der Waals surface area contributed by atoms with Crippen LogP contribution in [0.3, 0.4) is 0 Å². The summed E-state index contributed by atoms with van der Waals surface area (Å²) in [6, 6.07) is 0. The van der Waals surface area contributed by atoms with E-state index in [0.717, 1.165) is 0 Å². The van der Waals surface area contributed by atoms with Crippen molar-refractivity contribution in [1.82, 2.24) is 0 Å². The Labute approximate surface area is 125 Å². The summed E-state index contributed by atoms with van der Waals surface area (Å²) in [7, 11) is 0. The van der Waals surface area contributed by atoms with Crippen LogP contribution in [0.15, 0.2) is 46.6 Å². The first kappa shape index (κ1) is 15.4. The van der Waals surface area contributed by atoms with E-state index in [-0.39, 0.29) is 0 Å². The van der Waals surface area contributed by atoms with E-state index >= 15 is 0 Å². The van der Waals surface area contributed by atoms with Crippen LogP contribution in [0.5, 0.6) is 0 Å². The second-order valence-electron chi connectivity index (χ2n) is 6.13. The topological polar surface area (TPSA) is 0 Å². The first-order chi connectivity index (χ1) is 9.86. The van der Waals surface area contributed by atoms with E-state index < -0.39 is 0 Å². The smallest absolute Gasteiger partial charge is 0.00948 e. The van der Waals surface area contributed by atoms with Gasteiger partial charge in [0, 0.05) is 0 Å². The first-order valence-corrected chi connectivity index (χ1v) is 8.59. The van der Waals surface area contributed by atoms with Crippen LogP contribution < -0.4 is 0 Å². The third kappa shape index (κ3) is 3.98. The monoisotopic (exact) mass is 270 g/mol. The van der Waals surface area contributed by atoms with Crippen molar-refractivity contribution in [3.63, 3.8) is 0 Å². The normalized spacial score (nSPS) is 19.1. The summed E-state index contributed by atoms with van der Waals surface area (Å²) in [5.74, 6) is 0. The summed E-state index contributed by atoms with van der Waals surface area (Å²) in [5, 5.41) is 0. The third-order valence-corrected chi connectivity index (χ3v) is 4.59. The molecule has 2 rings (SSSR count). The molecule has 0 heterocycles. The van der Waals surface area contributed by atoms with E-state index in [9.17, 15) is 0 Å². The van der Waals surface area contributed by atoms with Gasteiger partial charge in [-0.1, -0.05) is 62.1 Å². The van der Waals surface area contributed by atoms with Crippen LogP contribution in [0.2, 0.25) is 0 Å². The van der Waals surface area contributed by atoms with Gasteiger partial charge in [-0.05, 0) is 62.5 Å². The molecule has 0 nitrogen and oxygen atoms in total. The fraction of sp³-hybridized carbons (Fsp3) is 0.600. The highest BCUT2D eigenvalue weighted by atomic mass is 14.2. The van der Waals surface area contributed by atoms with Crippen molar-refractivity contribution in [3.8, 4) is 0 Å². The van der Waals surface area contributed by atoms with Crippen molar-refractivity contribution < 1.29 is 0 Å². The molecule has 0 bridgehead atoms. The lowest BCUT2D eigenvalue weighted by atomic mass is 9.81. The van der Waals surface area contributed by atoms with Gasteiger partial charge in [-0.15, -0.1) is 0 Å². The van der Waals surface area contributed by atoms with Gasteiger partial charge in [0.1, 0.15) is 0 Å². The molecule has 0 aromatic carbocycles. The van der Waals surface area contributed by atoms with Crippen molar-refractivity contribution in [3.05, 3.63) is 46.6 Å². The maximum atomic E-state index is 2.38. The van der Waals surface area contributed by atoms with Crippen molar-refractivity contribution >= 4 is 0 Å². The molecule has 0 fully saturated rings. The van der Waals surface area contributed by atoms with Gasteiger partial charge < -0.3 is 0 Å². The molecular weight excluding hydrogens is 240 g/mol. The summed E-state index contributed by atoms with van der Waals surface area (Å²) < 4.78 is 0. The molecule has 0 radical (unpaired) electrons. The minimum absolute atomic E-state index is 1.18. The summed E-state index contributed by atoms with van der Waals surface area (Å²) in [5.41, 5.74) is 6.87. The van der Waals surface area contributed by atoms with E-state index in [1.807, 2.05) is 0 Å². The van der Waals surface area contributed by atoms with Crippen LogP contribution in [0.4, 0.5) is 0 Å². The van der Waals surface area contributed by atoms with Crippen molar-refractivity contribution in [1.29, 1.82) is 0 Å². The predicted octanol–water partition coefficient (Wildman–Crippen LogP) is 6.66. The van der Waals surface area contributed by atoms with Gasteiger partial charge in [0.25, 0.3) is 0 Å². The Morgan fingerprint density at radius 3 is 1.45 bits per heavy atom. The Morgan fingerprint density at radius 2 is 1.05 bits per heavy atom. The lowest BCUT2D eigenvalue weighted by Crippen LogP contribution is -2.05. The van der Waals surface area contributed by atoms with E-state index in [1.54, 1.807) is 22.3 Å². The van der Waals surface area contributed by atoms with Gasteiger partial charge in [0.05, 0.1) is 0 Å². The molecule has 0 aromatic rings. The van der Waals surface area contributed by atoms with Crippen molar-refractivity contribution in [2.45, 2.75) is 78.1 Å². The van der Waals surface area contributed by atoms with Gasteiger partial charge in [0.2, 0.25) is 0 Å². The molecule has 0 unspecified atom stereocenters. The van der Waals surface area contributed by atoms with Gasteiger partial charge >= 0.3 is 0 Å². The summed E-state index contributed by atoms with van der Waals surface area (Å²) in [6.45, 7) is 4.60. The Hall–Kier alpha value is -1.04. The first-order valence-electron chi connectivity index (χ1n) is 8.59. The van der Waals surface area contributed by atoms with Crippen LogP contribution in [0, 0.1) is 0 Å². The zero-order valence-electron chi connectivity index (χ0n) is 13.4. The minimum Gasteiger partial charge on any atom is -0.0841 e.